The third kappa shape index (κ3) is 4.71. The van der Waals surface area contributed by atoms with E-state index in [9.17, 15) is 29.6 Å². The molecule has 188 valence electrons. The lowest BCUT2D eigenvalue weighted by Crippen LogP contribution is -2.66. The van der Waals surface area contributed by atoms with Gasteiger partial charge in [0.25, 0.3) is 5.69 Å². The standard InChI is InChI=1S/C24H23N3O8S/c1-24(2,35-23(31)34-12-13-7-9-14(10-8-13)27(32)33)19-16-11-18(20(22(29)30)26(16)21(19)28)36-17-6-4-3-5-15(17)25/h3-10,16,19H,11-12,25H2,1-2H3,(H,29,30)/t16-,19+/m1/s1. The van der Waals surface area contributed by atoms with Crippen molar-refractivity contribution in [2.24, 2.45) is 5.92 Å². The molecule has 1 amide bonds. The summed E-state index contributed by atoms with van der Waals surface area (Å²) in [4.78, 5) is 50.0. The van der Waals surface area contributed by atoms with E-state index in [0.717, 1.165) is 0 Å². The summed E-state index contributed by atoms with van der Waals surface area (Å²) < 4.78 is 10.6. The predicted octanol–water partition coefficient (Wildman–Crippen LogP) is 3.93. The second-order valence-electron chi connectivity index (χ2n) is 8.84. The summed E-state index contributed by atoms with van der Waals surface area (Å²) in [6.45, 7) is 2.96. The summed E-state index contributed by atoms with van der Waals surface area (Å²) in [5.74, 6) is -2.45. The van der Waals surface area contributed by atoms with E-state index in [2.05, 4.69) is 0 Å². The number of β-lactam (4-membered cyclic amide) rings is 1. The van der Waals surface area contributed by atoms with Crippen molar-refractivity contribution in [1.29, 1.82) is 0 Å². The van der Waals surface area contributed by atoms with Gasteiger partial charge in [0.1, 0.15) is 17.9 Å². The van der Waals surface area contributed by atoms with Crippen molar-refractivity contribution >= 4 is 41.2 Å². The number of fused-ring (bicyclic) bond motifs is 1. The Morgan fingerprint density at radius 1 is 1.22 bits per heavy atom. The highest BCUT2D eigenvalue weighted by atomic mass is 32.2. The summed E-state index contributed by atoms with van der Waals surface area (Å²) in [6.07, 6.45) is -0.734. The van der Waals surface area contributed by atoms with Crippen molar-refractivity contribution in [1.82, 2.24) is 4.90 Å². The molecule has 0 aromatic heterocycles. The van der Waals surface area contributed by atoms with Crippen molar-refractivity contribution in [3.63, 3.8) is 0 Å². The maximum absolute atomic E-state index is 13.0. The first-order valence-corrected chi connectivity index (χ1v) is 11.7. The fraction of sp³-hybridized carbons (Fsp3) is 0.292. The Morgan fingerprint density at radius 2 is 1.89 bits per heavy atom. The number of anilines is 1. The van der Waals surface area contributed by atoms with Gasteiger partial charge in [-0.2, -0.15) is 0 Å². The number of hydrogen-bond donors (Lipinski definition) is 2. The molecular formula is C24H23N3O8S. The Bertz CT molecular complexity index is 1270. The molecule has 0 radical (unpaired) electrons. The number of nitro benzene ring substituents is 1. The van der Waals surface area contributed by atoms with Crippen LogP contribution in [-0.2, 0) is 25.7 Å². The van der Waals surface area contributed by atoms with Gasteiger partial charge < -0.3 is 25.2 Å². The smallest absolute Gasteiger partial charge is 0.477 e. The highest BCUT2D eigenvalue weighted by Crippen LogP contribution is 2.51. The fourth-order valence-corrected chi connectivity index (χ4v) is 5.53. The highest BCUT2D eigenvalue weighted by Gasteiger charge is 2.61. The van der Waals surface area contributed by atoms with Gasteiger partial charge in [-0.1, -0.05) is 23.9 Å². The van der Waals surface area contributed by atoms with E-state index in [1.54, 1.807) is 38.1 Å². The van der Waals surface area contributed by atoms with Crippen molar-refractivity contribution in [2.75, 3.05) is 5.73 Å². The first-order chi connectivity index (χ1) is 17.0. The lowest BCUT2D eigenvalue weighted by molar-refractivity contribution is -0.384. The molecule has 2 aromatic rings. The number of carboxylic acids is 1. The fourth-order valence-electron chi connectivity index (χ4n) is 4.39. The molecule has 2 heterocycles. The van der Waals surface area contributed by atoms with E-state index in [1.165, 1.54) is 40.9 Å². The van der Waals surface area contributed by atoms with Gasteiger partial charge in [0.15, 0.2) is 0 Å². The van der Waals surface area contributed by atoms with Gasteiger partial charge >= 0.3 is 12.1 Å². The lowest BCUT2D eigenvalue weighted by atomic mass is 9.76. The van der Waals surface area contributed by atoms with Crippen LogP contribution in [0.25, 0.3) is 0 Å². The first-order valence-electron chi connectivity index (χ1n) is 10.9. The molecule has 1 saturated heterocycles. The van der Waals surface area contributed by atoms with Crippen LogP contribution >= 0.6 is 11.8 Å². The number of carbonyl (C=O) groups excluding carboxylic acids is 2. The van der Waals surface area contributed by atoms with Crippen molar-refractivity contribution in [2.45, 2.75) is 43.4 Å². The maximum Gasteiger partial charge on any atom is 0.509 e. The SMILES string of the molecule is CC(C)(OC(=O)OCc1ccc([N+](=O)[O-])cc1)[C@@H]1C(=O)N2C(C(=O)O)=C(Sc3ccccc3N)C[C@H]12. The largest absolute Gasteiger partial charge is 0.509 e. The second kappa shape index (κ2) is 9.53. The monoisotopic (exact) mass is 513 g/mol. The Balaban J connectivity index is 1.42. The van der Waals surface area contributed by atoms with Crippen LogP contribution < -0.4 is 5.73 Å². The molecule has 0 bridgehead atoms. The van der Waals surface area contributed by atoms with Crippen molar-refractivity contribution < 1.29 is 33.9 Å². The first kappa shape index (κ1) is 25.0. The van der Waals surface area contributed by atoms with Crippen molar-refractivity contribution in [3.8, 4) is 0 Å². The predicted molar refractivity (Wildman–Crippen MR) is 129 cm³/mol. The number of carbonyl (C=O) groups is 3. The zero-order valence-corrected chi connectivity index (χ0v) is 20.2. The van der Waals surface area contributed by atoms with E-state index in [0.29, 0.717) is 21.1 Å². The quantitative estimate of drug-likeness (QED) is 0.174. The van der Waals surface area contributed by atoms with Gasteiger partial charge in [-0.15, -0.1) is 0 Å². The van der Waals surface area contributed by atoms with Crippen LogP contribution in [0, 0.1) is 16.0 Å². The molecule has 4 rings (SSSR count). The summed E-state index contributed by atoms with van der Waals surface area (Å²) >= 11 is 1.20. The summed E-state index contributed by atoms with van der Waals surface area (Å²) in [7, 11) is 0. The Hall–Kier alpha value is -4.06. The van der Waals surface area contributed by atoms with Crippen LogP contribution in [0.2, 0.25) is 0 Å². The zero-order chi connectivity index (χ0) is 26.2. The van der Waals surface area contributed by atoms with E-state index in [4.69, 9.17) is 15.2 Å². The van der Waals surface area contributed by atoms with Crippen LogP contribution in [0.1, 0.15) is 25.8 Å². The minimum absolute atomic E-state index is 0.0890. The molecule has 2 aliphatic rings. The van der Waals surface area contributed by atoms with E-state index in [1.807, 2.05) is 0 Å². The van der Waals surface area contributed by atoms with Crippen LogP contribution in [0.5, 0.6) is 0 Å². The van der Waals surface area contributed by atoms with Crippen molar-refractivity contribution in [3.05, 3.63) is 74.8 Å². The average Bonchev–Trinajstić information content (AvgIpc) is 3.12. The van der Waals surface area contributed by atoms with Gasteiger partial charge in [-0.05, 0) is 43.7 Å². The number of non-ortho nitro benzene ring substituents is 1. The number of nitro groups is 1. The summed E-state index contributed by atoms with van der Waals surface area (Å²) in [6, 6.07) is 12.1. The number of benzene rings is 2. The number of nitrogens with two attached hydrogens (primary N) is 1. The van der Waals surface area contributed by atoms with Gasteiger partial charge in [0, 0.05) is 34.0 Å². The molecule has 2 atom stereocenters. The molecule has 36 heavy (non-hydrogen) atoms. The second-order valence-corrected chi connectivity index (χ2v) is 9.98. The minimum atomic E-state index is -1.28. The Morgan fingerprint density at radius 3 is 2.50 bits per heavy atom. The number of aliphatic carboxylic acids is 1. The zero-order valence-electron chi connectivity index (χ0n) is 19.4. The topological polar surface area (TPSA) is 162 Å². The number of carboxylic acid groups (broad SMARTS) is 1. The molecule has 2 aromatic carbocycles. The van der Waals surface area contributed by atoms with Crippen LogP contribution in [0.4, 0.5) is 16.2 Å². The molecule has 0 spiro atoms. The number of rotatable bonds is 8. The Kier molecular flexibility index (Phi) is 6.63. The lowest BCUT2D eigenvalue weighted by Gasteiger charge is -2.49. The molecule has 0 unspecified atom stereocenters. The maximum atomic E-state index is 13.0. The highest BCUT2D eigenvalue weighted by molar-refractivity contribution is 8.03. The number of para-hydroxylation sites is 1. The van der Waals surface area contributed by atoms with Crippen LogP contribution in [0.15, 0.2) is 64.0 Å². The number of amides is 1. The molecule has 3 N–H and O–H groups in total. The van der Waals surface area contributed by atoms with Gasteiger partial charge in [0.2, 0.25) is 5.91 Å². The Labute approximate surface area is 210 Å². The molecule has 1 fully saturated rings. The normalized spacial score (nSPS) is 18.9. The van der Waals surface area contributed by atoms with E-state index < -0.39 is 40.5 Å². The number of thioether (sulfide) groups is 1. The average molecular weight is 514 g/mol. The number of hydrogen-bond acceptors (Lipinski definition) is 9. The molecule has 0 saturated carbocycles. The number of nitrogen functional groups attached to an aromatic ring is 1. The van der Waals surface area contributed by atoms with Gasteiger partial charge in [-0.3, -0.25) is 14.9 Å². The van der Waals surface area contributed by atoms with E-state index in [-0.39, 0.29) is 24.4 Å². The molecular weight excluding hydrogens is 490 g/mol. The van der Waals surface area contributed by atoms with E-state index >= 15 is 0 Å². The molecule has 0 aliphatic carbocycles. The number of nitrogens with zero attached hydrogens (tertiary/aromatic N) is 2. The molecule has 12 heteroatoms. The molecule has 11 nitrogen and oxygen atoms in total. The van der Waals surface area contributed by atoms with Crippen LogP contribution in [0.3, 0.4) is 0 Å². The number of ether oxygens (including phenoxy) is 2. The van der Waals surface area contributed by atoms with Gasteiger partial charge in [0.05, 0.1) is 16.9 Å². The third-order valence-corrected chi connectivity index (χ3v) is 7.27. The van der Waals surface area contributed by atoms with Crippen LogP contribution in [-0.4, -0.2) is 44.6 Å². The summed E-state index contributed by atoms with van der Waals surface area (Å²) in [5.41, 5.74) is 5.56. The molecule has 2 aliphatic heterocycles. The third-order valence-electron chi connectivity index (χ3n) is 6.07. The summed E-state index contributed by atoms with van der Waals surface area (Å²) in [5, 5.41) is 20.5. The van der Waals surface area contributed by atoms with Gasteiger partial charge in [-0.25, -0.2) is 9.59 Å². The minimum Gasteiger partial charge on any atom is -0.477 e.